The molecule has 0 aromatic heterocycles. The van der Waals surface area contributed by atoms with Gasteiger partial charge in [-0.05, 0) is 12.8 Å². The van der Waals surface area contributed by atoms with Crippen LogP contribution in [-0.2, 0) is 9.59 Å². The molecule has 0 radical (unpaired) electrons. The van der Waals surface area contributed by atoms with Crippen LogP contribution >= 0.6 is 0 Å². The first kappa shape index (κ1) is 11.2. The van der Waals surface area contributed by atoms with Gasteiger partial charge >= 0.3 is 0 Å². The fourth-order valence-corrected chi connectivity index (χ4v) is 3.94. The van der Waals surface area contributed by atoms with E-state index in [2.05, 4.69) is 0 Å². The lowest BCUT2D eigenvalue weighted by Gasteiger charge is -2.29. The monoisotopic (exact) mass is 239 g/mol. The number of aliphatic hydroxyl groups is 2. The molecule has 5 nitrogen and oxygen atoms in total. The Morgan fingerprint density at radius 1 is 1.12 bits per heavy atom. The highest BCUT2D eigenvalue weighted by Gasteiger charge is 2.66. The van der Waals surface area contributed by atoms with Gasteiger partial charge in [-0.15, -0.1) is 0 Å². The Hall–Kier alpha value is -0.940. The number of hydrogen-bond donors (Lipinski definition) is 2. The summed E-state index contributed by atoms with van der Waals surface area (Å²) in [5.41, 5.74) is 0. The number of likely N-dealkylation sites (tertiary alicyclic amines) is 1. The van der Waals surface area contributed by atoms with Crippen LogP contribution < -0.4 is 0 Å². The zero-order valence-electron chi connectivity index (χ0n) is 9.74. The minimum absolute atomic E-state index is 0.139. The maximum Gasteiger partial charge on any atom is 0.233 e. The Kier molecular flexibility index (Phi) is 2.32. The van der Waals surface area contributed by atoms with Crippen LogP contribution in [0.3, 0.4) is 0 Å². The topological polar surface area (TPSA) is 77.8 Å². The molecule has 3 fully saturated rings. The third kappa shape index (κ3) is 1.21. The van der Waals surface area contributed by atoms with E-state index in [0.717, 1.165) is 6.42 Å². The molecule has 0 spiro atoms. The Morgan fingerprint density at radius 3 is 2.00 bits per heavy atom. The van der Waals surface area contributed by atoms with E-state index in [1.165, 1.54) is 4.90 Å². The van der Waals surface area contributed by atoms with Gasteiger partial charge in [0, 0.05) is 18.4 Å². The molecule has 1 heterocycles. The summed E-state index contributed by atoms with van der Waals surface area (Å²) in [5.74, 6) is -1.48. The second kappa shape index (κ2) is 3.53. The van der Waals surface area contributed by atoms with Gasteiger partial charge in [-0.2, -0.15) is 0 Å². The van der Waals surface area contributed by atoms with E-state index in [1.54, 1.807) is 0 Å². The molecule has 6 atom stereocenters. The van der Waals surface area contributed by atoms with Crippen LogP contribution in [0.5, 0.6) is 0 Å². The lowest BCUT2D eigenvalue weighted by molar-refractivity contribution is -0.140. The summed E-state index contributed by atoms with van der Waals surface area (Å²) < 4.78 is 0. The fraction of sp³-hybridized carbons (Fsp3) is 0.833. The highest BCUT2D eigenvalue weighted by Crippen LogP contribution is 2.56. The summed E-state index contributed by atoms with van der Waals surface area (Å²) in [5, 5.41) is 19.6. The van der Waals surface area contributed by atoms with E-state index in [4.69, 9.17) is 0 Å². The molecule has 2 aliphatic carbocycles. The minimum atomic E-state index is -0.834. The number of rotatable bonds is 2. The van der Waals surface area contributed by atoms with Gasteiger partial charge < -0.3 is 10.2 Å². The van der Waals surface area contributed by atoms with Crippen molar-refractivity contribution in [2.75, 3.05) is 6.54 Å². The molecule has 0 aromatic carbocycles. The van der Waals surface area contributed by atoms with Crippen LogP contribution in [0.4, 0.5) is 0 Å². The second-order valence-electron chi connectivity index (χ2n) is 5.42. The molecule has 94 valence electrons. The van der Waals surface area contributed by atoms with Gasteiger partial charge in [0.2, 0.25) is 11.8 Å². The van der Waals surface area contributed by atoms with E-state index >= 15 is 0 Å². The van der Waals surface area contributed by atoms with Crippen LogP contribution in [0.1, 0.15) is 19.8 Å². The average Bonchev–Trinajstić information content (AvgIpc) is 2.89. The number of imide groups is 1. The van der Waals surface area contributed by atoms with E-state index in [9.17, 15) is 19.8 Å². The Morgan fingerprint density at radius 2 is 1.59 bits per heavy atom. The van der Waals surface area contributed by atoms with Gasteiger partial charge in [0.1, 0.15) is 0 Å². The van der Waals surface area contributed by atoms with Gasteiger partial charge in [-0.3, -0.25) is 14.5 Å². The molecule has 0 unspecified atom stereocenters. The average molecular weight is 239 g/mol. The van der Waals surface area contributed by atoms with Gasteiger partial charge in [0.05, 0.1) is 24.0 Å². The van der Waals surface area contributed by atoms with Gasteiger partial charge in [-0.25, -0.2) is 0 Å². The van der Waals surface area contributed by atoms with Gasteiger partial charge in [0.25, 0.3) is 0 Å². The molecule has 1 saturated heterocycles. The first-order valence-electron chi connectivity index (χ1n) is 6.29. The summed E-state index contributed by atoms with van der Waals surface area (Å²) in [6.07, 6.45) is -0.314. The number of carbonyl (C=O) groups is 2. The van der Waals surface area contributed by atoms with Gasteiger partial charge in [-0.1, -0.05) is 6.92 Å². The molecule has 1 aliphatic heterocycles. The Labute approximate surface area is 99.4 Å². The van der Waals surface area contributed by atoms with Crippen LogP contribution in [0, 0.1) is 23.7 Å². The molecule has 17 heavy (non-hydrogen) atoms. The third-order valence-electron chi connectivity index (χ3n) is 4.63. The van der Waals surface area contributed by atoms with Crippen molar-refractivity contribution < 1.29 is 19.8 Å². The summed E-state index contributed by atoms with van der Waals surface area (Å²) >= 11 is 0. The lowest BCUT2D eigenvalue weighted by Crippen LogP contribution is -2.43. The summed E-state index contributed by atoms with van der Waals surface area (Å²) in [7, 11) is 0. The van der Waals surface area contributed by atoms with Crippen molar-refractivity contribution in [3.8, 4) is 0 Å². The Balaban J connectivity index is 1.92. The normalized spacial score (nSPS) is 48.1. The van der Waals surface area contributed by atoms with E-state index in [1.807, 2.05) is 6.92 Å². The largest absolute Gasteiger partial charge is 0.390 e. The molecule has 2 saturated carbocycles. The smallest absolute Gasteiger partial charge is 0.233 e. The molecular weight excluding hydrogens is 222 g/mol. The van der Waals surface area contributed by atoms with E-state index in [0.29, 0.717) is 13.0 Å². The van der Waals surface area contributed by atoms with E-state index in [-0.39, 0.29) is 35.5 Å². The predicted molar refractivity (Wildman–Crippen MR) is 57.6 cm³/mol. The van der Waals surface area contributed by atoms with Crippen molar-refractivity contribution in [2.45, 2.75) is 32.0 Å². The highest BCUT2D eigenvalue weighted by molar-refractivity contribution is 6.06. The zero-order chi connectivity index (χ0) is 12.3. The highest BCUT2D eigenvalue weighted by atomic mass is 16.3. The number of fused-ring (bicyclic) bond motifs is 5. The molecule has 5 heteroatoms. The minimum Gasteiger partial charge on any atom is -0.390 e. The number of carbonyl (C=O) groups excluding carboxylic acids is 2. The van der Waals surface area contributed by atoms with Crippen LogP contribution in [0.15, 0.2) is 0 Å². The SMILES string of the molecule is CCCN1C(=O)[C@@H]2[C@H]3C[C@@H]([C@@H](O)[C@H]3O)[C@H]2C1=O. The molecule has 3 rings (SSSR count). The third-order valence-corrected chi connectivity index (χ3v) is 4.63. The summed E-state index contributed by atoms with van der Waals surface area (Å²) in [6.45, 7) is 2.38. The second-order valence-corrected chi connectivity index (χ2v) is 5.42. The van der Waals surface area contributed by atoms with Crippen molar-refractivity contribution in [3.05, 3.63) is 0 Å². The van der Waals surface area contributed by atoms with E-state index < -0.39 is 12.2 Å². The standard InChI is InChI=1S/C12H17NO4/c1-2-3-13-11(16)7-5-4-6(8(7)12(13)17)10(15)9(5)14/h5-10,14-15H,2-4H2,1H3/t5-,6-,7-,8-,9-,10+/m1/s1. The van der Waals surface area contributed by atoms with Crippen molar-refractivity contribution >= 4 is 11.8 Å². The fourth-order valence-electron chi connectivity index (χ4n) is 3.94. The molecule has 3 aliphatic rings. The summed E-state index contributed by atoms with van der Waals surface area (Å²) in [4.78, 5) is 25.6. The number of hydrogen-bond acceptors (Lipinski definition) is 4. The van der Waals surface area contributed by atoms with Crippen molar-refractivity contribution in [1.29, 1.82) is 0 Å². The zero-order valence-corrected chi connectivity index (χ0v) is 9.74. The Bertz CT molecular complexity index is 351. The molecule has 0 aromatic rings. The van der Waals surface area contributed by atoms with Crippen LogP contribution in [0.25, 0.3) is 0 Å². The van der Waals surface area contributed by atoms with Gasteiger partial charge in [0.15, 0.2) is 0 Å². The summed E-state index contributed by atoms with van der Waals surface area (Å²) in [6, 6.07) is 0. The van der Waals surface area contributed by atoms with Crippen molar-refractivity contribution in [3.63, 3.8) is 0 Å². The number of amides is 2. The predicted octanol–water partition coefficient (Wildman–Crippen LogP) is -0.631. The number of aliphatic hydroxyl groups excluding tert-OH is 2. The van der Waals surface area contributed by atoms with Crippen molar-refractivity contribution in [1.82, 2.24) is 4.90 Å². The van der Waals surface area contributed by atoms with Crippen LogP contribution in [-0.4, -0.2) is 45.7 Å². The molecule has 2 N–H and O–H groups in total. The van der Waals surface area contributed by atoms with Crippen molar-refractivity contribution in [2.24, 2.45) is 23.7 Å². The first-order valence-corrected chi connectivity index (χ1v) is 6.29. The van der Waals surface area contributed by atoms with Crippen LogP contribution in [0.2, 0.25) is 0 Å². The quantitative estimate of drug-likeness (QED) is 0.629. The lowest BCUT2D eigenvalue weighted by atomic mass is 9.78. The molecule has 2 amide bonds. The number of nitrogens with zero attached hydrogens (tertiary/aromatic N) is 1. The molecule has 2 bridgehead atoms. The maximum atomic E-state index is 12.1. The first-order chi connectivity index (χ1) is 8.07. The maximum absolute atomic E-state index is 12.1. The molecular formula is C12H17NO4.